The van der Waals surface area contributed by atoms with Gasteiger partial charge in [-0.15, -0.1) is 11.8 Å². The van der Waals surface area contributed by atoms with Crippen LogP contribution in [0.5, 0.6) is 0 Å². The number of rotatable bonds is 6. The fraction of sp³-hybridized carbons (Fsp3) is 0.136. The number of anilines is 1. The summed E-state index contributed by atoms with van der Waals surface area (Å²) in [4.78, 5) is 21.0. The quantitative estimate of drug-likeness (QED) is 0.372. The van der Waals surface area contributed by atoms with Crippen molar-refractivity contribution in [3.63, 3.8) is 0 Å². The Labute approximate surface area is 169 Å². The number of amides is 1. The highest BCUT2D eigenvalue weighted by molar-refractivity contribution is 7.98. The first-order valence-corrected chi connectivity index (χ1v) is 10.1. The van der Waals surface area contributed by atoms with Crippen LogP contribution in [0.4, 0.5) is 5.95 Å². The summed E-state index contributed by atoms with van der Waals surface area (Å²) >= 11 is 1.52. The maximum absolute atomic E-state index is 11.7. The monoisotopic (exact) mass is 390 g/mol. The number of nitrogens with zero attached hydrogens (tertiary/aromatic N) is 2. The van der Waals surface area contributed by atoms with Gasteiger partial charge in [0.2, 0.25) is 11.9 Å². The predicted octanol–water partition coefficient (Wildman–Crippen LogP) is 4.33. The third-order valence-corrected chi connectivity index (χ3v) is 4.92. The average Bonchev–Trinajstić information content (AvgIpc) is 2.77. The van der Waals surface area contributed by atoms with Crippen LogP contribution in [0.2, 0.25) is 0 Å². The highest BCUT2D eigenvalue weighted by Gasteiger charge is 2.14. The second-order valence-corrected chi connectivity index (χ2v) is 6.76. The molecule has 3 aromatic rings. The van der Waals surface area contributed by atoms with Crippen LogP contribution in [-0.2, 0) is 4.79 Å². The zero-order valence-corrected chi connectivity index (χ0v) is 16.9. The molecule has 2 N–H and O–H groups in total. The number of carbonyl (C=O) groups excluding carboxylic acids is 1. The van der Waals surface area contributed by atoms with Gasteiger partial charge in [0.15, 0.2) is 0 Å². The molecule has 5 nitrogen and oxygen atoms in total. The highest BCUT2D eigenvalue weighted by atomic mass is 32.2. The van der Waals surface area contributed by atoms with Crippen molar-refractivity contribution in [1.29, 1.82) is 0 Å². The van der Waals surface area contributed by atoms with Crippen molar-refractivity contribution in [2.75, 3.05) is 25.7 Å². The summed E-state index contributed by atoms with van der Waals surface area (Å²) in [6.07, 6.45) is 5.24. The van der Waals surface area contributed by atoms with Crippen LogP contribution in [0.1, 0.15) is 5.56 Å². The van der Waals surface area contributed by atoms with Crippen LogP contribution in [0.15, 0.2) is 65.7 Å². The lowest BCUT2D eigenvalue weighted by atomic mass is 10.00. The van der Waals surface area contributed by atoms with Gasteiger partial charge in [-0.3, -0.25) is 4.79 Å². The van der Waals surface area contributed by atoms with Crippen LogP contribution in [0.3, 0.4) is 0 Å². The normalized spacial score (nSPS) is 10.8. The Hall–Kier alpha value is -3.12. The van der Waals surface area contributed by atoms with E-state index in [1.54, 1.807) is 20.2 Å². The molecule has 0 aliphatic carbocycles. The second-order valence-electron chi connectivity index (χ2n) is 5.96. The first-order valence-electron chi connectivity index (χ1n) is 8.85. The van der Waals surface area contributed by atoms with Crippen LogP contribution in [0.25, 0.3) is 28.5 Å². The minimum Gasteiger partial charge on any atom is -0.357 e. The highest BCUT2D eigenvalue weighted by Crippen LogP contribution is 2.32. The molecular formula is C22H22N4OS. The van der Waals surface area contributed by atoms with E-state index in [-0.39, 0.29) is 5.91 Å². The number of likely N-dealkylation sites (N-methyl/N-ethyl adjacent to an activating group) is 1. The van der Waals surface area contributed by atoms with Crippen LogP contribution in [0, 0.1) is 0 Å². The first kappa shape index (κ1) is 19.6. The molecule has 1 aromatic heterocycles. The van der Waals surface area contributed by atoms with E-state index >= 15 is 0 Å². The Morgan fingerprint density at radius 3 is 2.36 bits per heavy atom. The molecule has 142 valence electrons. The van der Waals surface area contributed by atoms with Gasteiger partial charge in [0.05, 0.1) is 5.69 Å². The predicted molar refractivity (Wildman–Crippen MR) is 117 cm³/mol. The van der Waals surface area contributed by atoms with E-state index in [2.05, 4.69) is 39.9 Å². The molecule has 0 aliphatic heterocycles. The molecule has 2 aromatic carbocycles. The number of carbonyl (C=O) groups is 1. The summed E-state index contributed by atoms with van der Waals surface area (Å²) in [5.41, 5.74) is 4.81. The van der Waals surface area contributed by atoms with Gasteiger partial charge in [-0.05, 0) is 29.5 Å². The SMILES string of the molecule is CNC(=O)/C=C/c1c(SC)nc(NC)nc1-c1cccc(-c2ccccc2)c1. The van der Waals surface area contributed by atoms with E-state index in [0.717, 1.165) is 33.0 Å². The summed E-state index contributed by atoms with van der Waals surface area (Å²) in [7, 11) is 3.40. The number of aromatic nitrogens is 2. The van der Waals surface area contributed by atoms with Crippen LogP contribution >= 0.6 is 11.8 Å². The molecule has 0 saturated carbocycles. The fourth-order valence-corrected chi connectivity index (χ4v) is 3.37. The molecule has 0 spiro atoms. The van der Waals surface area contributed by atoms with Crippen molar-refractivity contribution >= 4 is 29.7 Å². The van der Waals surface area contributed by atoms with Gasteiger partial charge in [-0.1, -0.05) is 48.5 Å². The molecule has 0 unspecified atom stereocenters. The number of hydrogen-bond acceptors (Lipinski definition) is 5. The lowest BCUT2D eigenvalue weighted by Gasteiger charge is -2.13. The van der Waals surface area contributed by atoms with E-state index in [9.17, 15) is 4.79 Å². The number of hydrogen-bond donors (Lipinski definition) is 2. The molecule has 1 amide bonds. The van der Waals surface area contributed by atoms with E-state index in [1.165, 1.54) is 17.8 Å². The summed E-state index contributed by atoms with van der Waals surface area (Å²) in [6.45, 7) is 0. The Balaban J connectivity index is 2.17. The van der Waals surface area contributed by atoms with Gasteiger partial charge >= 0.3 is 0 Å². The van der Waals surface area contributed by atoms with Crippen molar-refractivity contribution in [2.24, 2.45) is 0 Å². The molecule has 6 heteroatoms. The van der Waals surface area contributed by atoms with Gasteiger partial charge in [0.25, 0.3) is 0 Å². The second kappa shape index (κ2) is 9.19. The third kappa shape index (κ3) is 4.40. The third-order valence-electron chi connectivity index (χ3n) is 4.22. The maximum atomic E-state index is 11.7. The zero-order chi connectivity index (χ0) is 19.9. The maximum Gasteiger partial charge on any atom is 0.243 e. The van der Waals surface area contributed by atoms with Crippen LogP contribution < -0.4 is 10.6 Å². The summed E-state index contributed by atoms with van der Waals surface area (Å²) in [6, 6.07) is 18.4. The topological polar surface area (TPSA) is 66.9 Å². The van der Waals surface area contributed by atoms with Crippen molar-refractivity contribution in [3.8, 4) is 22.4 Å². The van der Waals surface area contributed by atoms with Crippen molar-refractivity contribution in [1.82, 2.24) is 15.3 Å². The summed E-state index contributed by atoms with van der Waals surface area (Å²) < 4.78 is 0. The standard InChI is InChI=1S/C22H22N4OS/c1-23-19(27)13-12-18-20(25-22(24-2)26-21(18)28-3)17-11-7-10-16(14-17)15-8-5-4-6-9-15/h4-14H,1-3H3,(H,23,27)(H,24,25,26)/b13-12+. The van der Waals surface area contributed by atoms with Crippen molar-refractivity contribution in [2.45, 2.75) is 5.03 Å². The van der Waals surface area contributed by atoms with Gasteiger partial charge in [0.1, 0.15) is 5.03 Å². The molecule has 0 radical (unpaired) electrons. The molecular weight excluding hydrogens is 368 g/mol. The van der Waals surface area contributed by atoms with Gasteiger partial charge in [-0.2, -0.15) is 0 Å². The minimum atomic E-state index is -0.172. The van der Waals surface area contributed by atoms with E-state index in [4.69, 9.17) is 4.98 Å². The molecule has 0 fully saturated rings. The molecule has 28 heavy (non-hydrogen) atoms. The first-order chi connectivity index (χ1) is 13.7. The Morgan fingerprint density at radius 2 is 1.68 bits per heavy atom. The van der Waals surface area contributed by atoms with Crippen LogP contribution in [-0.4, -0.2) is 36.2 Å². The van der Waals surface area contributed by atoms with E-state index in [1.807, 2.05) is 36.6 Å². The lowest BCUT2D eigenvalue weighted by Crippen LogP contribution is -2.14. The lowest BCUT2D eigenvalue weighted by molar-refractivity contribution is -0.115. The van der Waals surface area contributed by atoms with Crippen molar-refractivity contribution in [3.05, 3.63) is 66.2 Å². The largest absolute Gasteiger partial charge is 0.357 e. The molecule has 0 bridgehead atoms. The molecule has 3 rings (SSSR count). The zero-order valence-electron chi connectivity index (χ0n) is 16.1. The molecule has 0 aliphatic rings. The Bertz CT molecular complexity index is 1000. The van der Waals surface area contributed by atoms with E-state index < -0.39 is 0 Å². The van der Waals surface area contributed by atoms with Gasteiger partial charge < -0.3 is 10.6 Å². The van der Waals surface area contributed by atoms with E-state index in [0.29, 0.717) is 5.95 Å². The number of benzene rings is 2. The smallest absolute Gasteiger partial charge is 0.243 e. The molecule has 0 saturated heterocycles. The summed E-state index contributed by atoms with van der Waals surface area (Å²) in [5.74, 6) is 0.371. The average molecular weight is 391 g/mol. The van der Waals surface area contributed by atoms with Gasteiger partial charge in [-0.25, -0.2) is 9.97 Å². The number of thioether (sulfide) groups is 1. The molecule has 0 atom stereocenters. The summed E-state index contributed by atoms with van der Waals surface area (Å²) in [5, 5.41) is 6.43. The van der Waals surface area contributed by atoms with Gasteiger partial charge in [0, 0.05) is 31.3 Å². The Morgan fingerprint density at radius 1 is 0.964 bits per heavy atom. The van der Waals surface area contributed by atoms with Crippen molar-refractivity contribution < 1.29 is 4.79 Å². The minimum absolute atomic E-state index is 0.172. The number of nitrogens with one attached hydrogen (secondary N) is 2. The Kier molecular flexibility index (Phi) is 6.45. The fourth-order valence-electron chi connectivity index (χ4n) is 2.81. The molecule has 1 heterocycles.